The molecule has 0 spiro atoms. The maximum atomic E-state index is 12.3. The fourth-order valence-corrected chi connectivity index (χ4v) is 5.40. The molecular weight excluding hydrogens is 508 g/mol. The van der Waals surface area contributed by atoms with E-state index in [9.17, 15) is 19.2 Å². The van der Waals surface area contributed by atoms with E-state index in [1.54, 1.807) is 0 Å². The first-order valence-corrected chi connectivity index (χ1v) is 13.3. The summed E-state index contributed by atoms with van der Waals surface area (Å²) in [5, 5.41) is 1.01. The molecule has 3 heterocycles. The van der Waals surface area contributed by atoms with E-state index >= 15 is 0 Å². The van der Waals surface area contributed by atoms with Crippen molar-refractivity contribution in [2.24, 2.45) is 0 Å². The Morgan fingerprint density at radius 1 is 0.821 bits per heavy atom. The van der Waals surface area contributed by atoms with Gasteiger partial charge in [-0.3, -0.25) is 24.1 Å². The highest BCUT2D eigenvalue weighted by Crippen LogP contribution is 2.38. The van der Waals surface area contributed by atoms with Crippen LogP contribution in [-0.2, 0) is 49.4 Å². The molecule has 212 valence electrons. The van der Waals surface area contributed by atoms with E-state index in [1.807, 2.05) is 35.0 Å². The second kappa shape index (κ2) is 12.6. The van der Waals surface area contributed by atoms with Crippen LogP contribution in [0.1, 0.15) is 58.7 Å². The third kappa shape index (κ3) is 6.96. The van der Waals surface area contributed by atoms with Crippen LogP contribution in [0.5, 0.6) is 0 Å². The molecule has 2 aromatic rings. The molecule has 0 aliphatic carbocycles. The van der Waals surface area contributed by atoms with E-state index in [0.717, 1.165) is 48.9 Å². The van der Waals surface area contributed by atoms with Gasteiger partial charge in [-0.05, 0) is 37.6 Å². The normalized spacial score (nSPS) is 25.6. The molecule has 0 bridgehead atoms. The molecule has 0 amide bonds. The van der Waals surface area contributed by atoms with Gasteiger partial charge in [0.05, 0.1) is 5.52 Å². The molecule has 1 aromatic carbocycles. The molecule has 4 rings (SSSR count). The molecule has 2 aliphatic rings. The van der Waals surface area contributed by atoms with Gasteiger partial charge in [0.15, 0.2) is 24.5 Å². The first-order chi connectivity index (χ1) is 18.6. The van der Waals surface area contributed by atoms with Crippen LogP contribution in [0.2, 0.25) is 0 Å². The fourth-order valence-electron chi connectivity index (χ4n) is 5.40. The van der Waals surface area contributed by atoms with Gasteiger partial charge >= 0.3 is 23.9 Å². The summed E-state index contributed by atoms with van der Waals surface area (Å²) in [5.41, 5.74) is 1.89. The fraction of sp³-hybridized carbons (Fsp3) is 0.571. The minimum Gasteiger partial charge on any atom is -0.463 e. The average Bonchev–Trinajstić information content (AvgIpc) is 3.23. The van der Waals surface area contributed by atoms with Crippen molar-refractivity contribution in [3.63, 3.8) is 0 Å². The summed E-state index contributed by atoms with van der Waals surface area (Å²) in [6.45, 7) is 7.39. The number of aromatic nitrogens is 1. The van der Waals surface area contributed by atoms with Crippen LogP contribution in [-0.4, -0.2) is 77.5 Å². The van der Waals surface area contributed by atoms with Crippen molar-refractivity contribution in [3.8, 4) is 0 Å². The molecule has 0 unspecified atom stereocenters. The Balaban J connectivity index is 1.80. The van der Waals surface area contributed by atoms with Crippen LogP contribution in [0.4, 0.5) is 0 Å². The van der Waals surface area contributed by atoms with Crippen molar-refractivity contribution in [2.45, 2.75) is 84.1 Å². The molecule has 2 fully saturated rings. The number of carbonyl (C=O) groups is 4. The van der Waals surface area contributed by atoms with Crippen molar-refractivity contribution in [1.82, 2.24) is 9.47 Å². The van der Waals surface area contributed by atoms with E-state index in [1.165, 1.54) is 34.1 Å². The summed E-state index contributed by atoms with van der Waals surface area (Å²) in [6, 6.07) is 7.81. The zero-order valence-corrected chi connectivity index (χ0v) is 22.8. The number of hydrogen-bond acceptors (Lipinski definition) is 10. The van der Waals surface area contributed by atoms with Crippen molar-refractivity contribution in [1.29, 1.82) is 0 Å². The van der Waals surface area contributed by atoms with Crippen molar-refractivity contribution in [3.05, 3.63) is 36.0 Å². The van der Waals surface area contributed by atoms with Crippen LogP contribution in [0.15, 0.2) is 30.5 Å². The Kier molecular flexibility index (Phi) is 9.24. The Morgan fingerprint density at radius 2 is 1.44 bits per heavy atom. The van der Waals surface area contributed by atoms with Gasteiger partial charge in [0, 0.05) is 45.8 Å². The van der Waals surface area contributed by atoms with E-state index in [4.69, 9.17) is 23.7 Å². The number of esters is 4. The number of benzene rings is 1. The second-order valence-corrected chi connectivity index (χ2v) is 10.0. The zero-order valence-electron chi connectivity index (χ0n) is 22.8. The number of hydrogen-bond donors (Lipinski definition) is 0. The average molecular weight is 545 g/mol. The largest absolute Gasteiger partial charge is 0.463 e. The number of rotatable bonds is 8. The highest BCUT2D eigenvalue weighted by Gasteiger charge is 2.53. The maximum Gasteiger partial charge on any atom is 0.303 e. The molecule has 2 aliphatic heterocycles. The molecule has 0 radical (unpaired) electrons. The van der Waals surface area contributed by atoms with Crippen LogP contribution in [0, 0.1) is 0 Å². The quantitative estimate of drug-likeness (QED) is 0.362. The topological polar surface area (TPSA) is 123 Å². The number of likely N-dealkylation sites (tertiary alicyclic amines) is 1. The van der Waals surface area contributed by atoms with Crippen LogP contribution >= 0.6 is 0 Å². The SMILES string of the molecule is CC(=O)OC[C@@H]1O[C@H](n2cc(CN3CCCCC3)c3ccccc32)[C@@H](OC(C)=O)[C@H](OC(C)=O)[C@H]1OC(C)=O. The Labute approximate surface area is 227 Å². The number of carbonyl (C=O) groups excluding carboxylic acids is 4. The molecule has 1 aromatic heterocycles. The first-order valence-electron chi connectivity index (χ1n) is 13.3. The minimum absolute atomic E-state index is 0.270. The summed E-state index contributed by atoms with van der Waals surface area (Å²) in [4.78, 5) is 50.5. The Hall–Kier alpha value is -3.44. The lowest BCUT2D eigenvalue weighted by atomic mass is 9.97. The number of ether oxygens (including phenoxy) is 5. The number of para-hydroxylation sites is 1. The Bertz CT molecular complexity index is 1200. The summed E-state index contributed by atoms with van der Waals surface area (Å²) < 4.78 is 30.3. The molecule has 0 saturated carbocycles. The minimum atomic E-state index is -1.22. The third-order valence-electron chi connectivity index (χ3n) is 6.91. The third-order valence-corrected chi connectivity index (χ3v) is 6.91. The Morgan fingerprint density at radius 3 is 2.08 bits per heavy atom. The van der Waals surface area contributed by atoms with Gasteiger partial charge in [-0.15, -0.1) is 0 Å². The highest BCUT2D eigenvalue weighted by molar-refractivity contribution is 5.84. The van der Waals surface area contributed by atoms with Crippen molar-refractivity contribution in [2.75, 3.05) is 19.7 Å². The van der Waals surface area contributed by atoms with Crippen molar-refractivity contribution >= 4 is 34.8 Å². The number of nitrogens with zero attached hydrogens (tertiary/aromatic N) is 2. The molecule has 0 N–H and O–H groups in total. The van der Waals surface area contributed by atoms with Crippen LogP contribution < -0.4 is 0 Å². The van der Waals surface area contributed by atoms with Crippen LogP contribution in [0.3, 0.4) is 0 Å². The zero-order chi connectivity index (χ0) is 28.1. The summed E-state index contributed by atoms with van der Waals surface area (Å²) in [5.74, 6) is -2.51. The summed E-state index contributed by atoms with van der Waals surface area (Å²) >= 11 is 0. The van der Waals surface area contributed by atoms with Gasteiger partial charge in [-0.1, -0.05) is 24.6 Å². The van der Waals surface area contributed by atoms with Crippen LogP contribution in [0.25, 0.3) is 10.9 Å². The van der Waals surface area contributed by atoms with E-state index in [2.05, 4.69) is 4.90 Å². The number of fused-ring (bicyclic) bond motifs is 1. The van der Waals surface area contributed by atoms with Gasteiger partial charge in [-0.2, -0.15) is 0 Å². The molecule has 2 saturated heterocycles. The second-order valence-electron chi connectivity index (χ2n) is 10.0. The number of piperidine rings is 1. The molecule has 11 heteroatoms. The van der Waals surface area contributed by atoms with Gasteiger partial charge in [0.1, 0.15) is 12.7 Å². The maximum absolute atomic E-state index is 12.3. The smallest absolute Gasteiger partial charge is 0.303 e. The monoisotopic (exact) mass is 544 g/mol. The molecule has 5 atom stereocenters. The van der Waals surface area contributed by atoms with Crippen molar-refractivity contribution < 1.29 is 42.9 Å². The predicted octanol–water partition coefficient (Wildman–Crippen LogP) is 2.88. The molecular formula is C28H36N2O9. The van der Waals surface area contributed by atoms with Gasteiger partial charge in [0.25, 0.3) is 0 Å². The van der Waals surface area contributed by atoms with E-state index < -0.39 is 54.5 Å². The highest BCUT2D eigenvalue weighted by atomic mass is 16.7. The summed E-state index contributed by atoms with van der Waals surface area (Å²) in [6.07, 6.45) is -0.0819. The van der Waals surface area contributed by atoms with Gasteiger partial charge < -0.3 is 28.3 Å². The van der Waals surface area contributed by atoms with E-state index in [-0.39, 0.29) is 6.61 Å². The summed E-state index contributed by atoms with van der Waals surface area (Å²) in [7, 11) is 0. The molecule has 11 nitrogen and oxygen atoms in total. The van der Waals surface area contributed by atoms with Gasteiger partial charge in [0.2, 0.25) is 0 Å². The first kappa shape index (κ1) is 28.6. The lowest BCUT2D eigenvalue weighted by Gasteiger charge is -2.44. The molecule has 39 heavy (non-hydrogen) atoms. The standard InChI is InChI=1S/C28H36N2O9/c1-17(31)35-16-24-25(36-18(2)32)26(37-19(3)33)27(38-20(4)34)28(39-24)30-15-21(14-29-12-8-5-9-13-29)22-10-6-7-11-23(22)30/h6-7,10-11,15,24-28H,5,8-9,12-14,16H2,1-4H3/t24-,25-,26+,27-,28-/m0/s1. The predicted molar refractivity (Wildman–Crippen MR) is 138 cm³/mol. The van der Waals surface area contributed by atoms with Gasteiger partial charge in [-0.25, -0.2) is 0 Å². The van der Waals surface area contributed by atoms with E-state index in [0.29, 0.717) is 0 Å². The lowest BCUT2D eigenvalue weighted by Crippen LogP contribution is -2.60. The lowest BCUT2D eigenvalue weighted by molar-refractivity contribution is -0.267.